The fraction of sp³-hybridized carbons (Fsp3) is 0. The van der Waals surface area contributed by atoms with Crippen LogP contribution in [0.15, 0.2) is 199 Å². The van der Waals surface area contributed by atoms with Gasteiger partial charge in [0.25, 0.3) is 0 Å². The van der Waals surface area contributed by atoms with Crippen LogP contribution in [0.25, 0.3) is 101 Å². The topological polar surface area (TPSA) is 64.7 Å². The summed E-state index contributed by atoms with van der Waals surface area (Å²) in [4.78, 5) is 20.1. The van der Waals surface area contributed by atoms with Crippen LogP contribution in [0.3, 0.4) is 0 Å². The highest BCUT2D eigenvalue weighted by Gasteiger charge is 2.20. The second-order valence-electron chi connectivity index (χ2n) is 13.5. The highest BCUT2D eigenvalue weighted by atomic mass is 16.3. The summed E-state index contributed by atoms with van der Waals surface area (Å²) in [6, 6.07) is 64.4. The molecule has 0 aliphatic heterocycles. The van der Waals surface area contributed by atoms with Crippen molar-refractivity contribution in [2.75, 3.05) is 0 Å². The first-order chi connectivity index (χ1) is 27.2. The quantitative estimate of drug-likeness (QED) is 0.165. The van der Waals surface area contributed by atoms with E-state index in [0.29, 0.717) is 23.2 Å². The third-order valence-corrected chi connectivity index (χ3v) is 10.1. The molecule has 0 aliphatic rings. The Morgan fingerprint density at radius 1 is 0.327 bits per heavy atom. The van der Waals surface area contributed by atoms with E-state index in [2.05, 4.69) is 140 Å². The summed E-state index contributed by atoms with van der Waals surface area (Å²) in [6.07, 6.45) is 1.88. The van der Waals surface area contributed by atoms with Crippen LogP contribution in [0.5, 0.6) is 0 Å². The third-order valence-electron chi connectivity index (χ3n) is 10.1. The zero-order valence-corrected chi connectivity index (χ0v) is 29.7. The van der Waals surface area contributed by atoms with Crippen LogP contribution in [0.4, 0.5) is 0 Å². The molecule has 0 amide bonds. The number of nitrogens with zero attached hydrogens (tertiary/aromatic N) is 4. The normalized spacial score (nSPS) is 11.3. The van der Waals surface area contributed by atoms with Gasteiger partial charge >= 0.3 is 0 Å². The van der Waals surface area contributed by atoms with Crippen molar-refractivity contribution in [2.24, 2.45) is 0 Å². The van der Waals surface area contributed by atoms with Crippen molar-refractivity contribution >= 4 is 21.9 Å². The first-order valence-electron chi connectivity index (χ1n) is 18.3. The Morgan fingerprint density at radius 3 is 1.44 bits per heavy atom. The van der Waals surface area contributed by atoms with Crippen LogP contribution in [-0.2, 0) is 0 Å². The Labute approximate surface area is 318 Å². The summed E-state index contributed by atoms with van der Waals surface area (Å²) >= 11 is 0. The van der Waals surface area contributed by atoms with Gasteiger partial charge in [0.15, 0.2) is 17.5 Å². The van der Waals surface area contributed by atoms with Gasteiger partial charge in [0.2, 0.25) is 0 Å². The molecule has 10 aromatic rings. The van der Waals surface area contributed by atoms with Crippen LogP contribution >= 0.6 is 0 Å². The summed E-state index contributed by atoms with van der Waals surface area (Å²) in [5, 5.41) is 1.95. The van der Waals surface area contributed by atoms with Crippen molar-refractivity contribution in [3.8, 4) is 78.8 Å². The molecule has 258 valence electrons. The molecule has 0 bridgehead atoms. The smallest absolute Gasteiger partial charge is 0.182 e. The van der Waals surface area contributed by atoms with Crippen molar-refractivity contribution in [1.29, 1.82) is 0 Å². The Bertz CT molecular complexity index is 2820. The summed E-state index contributed by atoms with van der Waals surface area (Å²) in [6.45, 7) is 0. The molecule has 0 atom stereocenters. The number of benzene rings is 7. The molecule has 0 unspecified atom stereocenters. The molecule has 55 heavy (non-hydrogen) atoms. The highest BCUT2D eigenvalue weighted by molar-refractivity contribution is 6.15. The molecule has 5 nitrogen and oxygen atoms in total. The Morgan fingerprint density at radius 2 is 0.818 bits per heavy atom. The van der Waals surface area contributed by atoms with Gasteiger partial charge in [-0.1, -0.05) is 176 Å². The zero-order valence-electron chi connectivity index (χ0n) is 29.7. The summed E-state index contributed by atoms with van der Waals surface area (Å²) in [5.74, 6) is 1.61. The van der Waals surface area contributed by atoms with E-state index >= 15 is 0 Å². The molecular formula is C50H32N4O. The minimum atomic E-state index is 0.496. The molecule has 3 heterocycles. The van der Waals surface area contributed by atoms with E-state index in [9.17, 15) is 0 Å². The molecular weight excluding hydrogens is 673 g/mol. The van der Waals surface area contributed by atoms with Gasteiger partial charge in [0, 0.05) is 39.2 Å². The second kappa shape index (κ2) is 13.8. The van der Waals surface area contributed by atoms with Crippen LogP contribution < -0.4 is 0 Å². The fourth-order valence-electron chi connectivity index (χ4n) is 7.24. The molecule has 0 spiro atoms. The molecule has 3 aromatic heterocycles. The Kier molecular flexibility index (Phi) is 8.08. The zero-order chi connectivity index (χ0) is 36.6. The number of hydrogen-bond acceptors (Lipinski definition) is 5. The SMILES string of the molecule is c1ccc(-c2ccc(-c3nc(-c4ccc(-c5ccccc5)cn4)nc(-c4cccc5oc6c(-c7ccc(-c8ccccc8)cc7)cccc6c45)n3)cc2)cc1. The summed E-state index contributed by atoms with van der Waals surface area (Å²) < 4.78 is 6.67. The van der Waals surface area contributed by atoms with Gasteiger partial charge in [0.05, 0.1) is 0 Å². The molecule has 0 saturated heterocycles. The van der Waals surface area contributed by atoms with Gasteiger partial charge in [-0.05, 0) is 45.5 Å². The maximum atomic E-state index is 6.67. The van der Waals surface area contributed by atoms with E-state index in [4.69, 9.17) is 24.4 Å². The van der Waals surface area contributed by atoms with Crippen LogP contribution in [-0.4, -0.2) is 19.9 Å². The highest BCUT2D eigenvalue weighted by Crippen LogP contribution is 2.40. The van der Waals surface area contributed by atoms with Crippen molar-refractivity contribution in [3.63, 3.8) is 0 Å². The molecule has 7 aromatic carbocycles. The van der Waals surface area contributed by atoms with E-state index in [1.807, 2.05) is 54.7 Å². The maximum Gasteiger partial charge on any atom is 0.182 e. The number of furan rings is 1. The second-order valence-corrected chi connectivity index (χ2v) is 13.5. The van der Waals surface area contributed by atoms with Crippen molar-refractivity contribution in [2.45, 2.75) is 0 Å². The third kappa shape index (κ3) is 6.14. The summed E-state index contributed by atoms with van der Waals surface area (Å²) in [5.41, 5.74) is 12.9. The first kappa shape index (κ1) is 32.2. The lowest BCUT2D eigenvalue weighted by atomic mass is 9.98. The molecule has 0 fully saturated rings. The first-order valence-corrected chi connectivity index (χ1v) is 18.3. The number of para-hydroxylation sites is 1. The lowest BCUT2D eigenvalue weighted by molar-refractivity contribution is 0.670. The predicted molar refractivity (Wildman–Crippen MR) is 223 cm³/mol. The molecule has 10 rings (SSSR count). The van der Waals surface area contributed by atoms with Crippen molar-refractivity contribution in [3.05, 3.63) is 194 Å². The number of rotatable bonds is 7. The van der Waals surface area contributed by atoms with Gasteiger partial charge < -0.3 is 4.42 Å². The van der Waals surface area contributed by atoms with Crippen LogP contribution in [0.2, 0.25) is 0 Å². The number of fused-ring (bicyclic) bond motifs is 3. The van der Waals surface area contributed by atoms with E-state index in [1.165, 1.54) is 11.1 Å². The van der Waals surface area contributed by atoms with Gasteiger partial charge in [-0.3, -0.25) is 4.98 Å². The van der Waals surface area contributed by atoms with Gasteiger partial charge in [-0.25, -0.2) is 15.0 Å². The molecule has 0 saturated carbocycles. The van der Waals surface area contributed by atoms with Crippen molar-refractivity contribution in [1.82, 2.24) is 19.9 Å². The monoisotopic (exact) mass is 704 g/mol. The van der Waals surface area contributed by atoms with Crippen molar-refractivity contribution < 1.29 is 4.42 Å². The van der Waals surface area contributed by atoms with E-state index in [0.717, 1.165) is 66.4 Å². The van der Waals surface area contributed by atoms with Gasteiger partial charge in [-0.2, -0.15) is 0 Å². The molecule has 5 heteroatoms. The average Bonchev–Trinajstić information content (AvgIpc) is 3.67. The minimum Gasteiger partial charge on any atom is -0.455 e. The molecule has 0 aliphatic carbocycles. The predicted octanol–water partition coefficient (Wildman–Crippen LogP) is 12.8. The molecule has 0 radical (unpaired) electrons. The maximum absolute atomic E-state index is 6.67. The Hall–Kier alpha value is -7.50. The number of aromatic nitrogens is 4. The van der Waals surface area contributed by atoms with Crippen LogP contribution in [0, 0.1) is 0 Å². The fourth-order valence-corrected chi connectivity index (χ4v) is 7.24. The number of hydrogen-bond donors (Lipinski definition) is 0. The number of pyridine rings is 1. The largest absolute Gasteiger partial charge is 0.455 e. The van der Waals surface area contributed by atoms with Gasteiger partial charge in [-0.15, -0.1) is 0 Å². The lowest BCUT2D eigenvalue weighted by Gasteiger charge is -2.10. The Balaban J connectivity index is 1.10. The van der Waals surface area contributed by atoms with E-state index in [1.54, 1.807) is 0 Å². The van der Waals surface area contributed by atoms with E-state index < -0.39 is 0 Å². The van der Waals surface area contributed by atoms with Crippen LogP contribution in [0.1, 0.15) is 0 Å². The minimum absolute atomic E-state index is 0.496. The molecule has 0 N–H and O–H groups in total. The lowest BCUT2D eigenvalue weighted by Crippen LogP contribution is -2.01. The summed E-state index contributed by atoms with van der Waals surface area (Å²) in [7, 11) is 0. The van der Waals surface area contributed by atoms with Gasteiger partial charge in [0.1, 0.15) is 16.9 Å². The van der Waals surface area contributed by atoms with E-state index in [-0.39, 0.29) is 0 Å². The standard InChI is InChI=1S/C50H32N4O/c1-4-12-33(13-5-1)36-22-26-38(27-23-36)41-18-10-19-42-46-43(20-11-21-45(46)55-47(41)42)49-52-48(39-28-24-37(25-29-39)34-14-6-2-7-15-34)53-50(54-49)44-31-30-40(32-51-44)35-16-8-3-9-17-35/h1-32H. The average molecular weight is 705 g/mol.